The summed E-state index contributed by atoms with van der Waals surface area (Å²) in [6.07, 6.45) is 1.15. The number of hydrogen-bond acceptors (Lipinski definition) is 2. The van der Waals surface area contributed by atoms with Crippen molar-refractivity contribution in [2.75, 3.05) is 0 Å². The van der Waals surface area contributed by atoms with Crippen molar-refractivity contribution in [3.8, 4) is 0 Å². The fraction of sp³-hybridized carbons (Fsp3) is 0.429. The van der Waals surface area contributed by atoms with E-state index in [9.17, 15) is 9.59 Å². The Morgan fingerprint density at radius 1 is 1.18 bits per heavy atom. The third kappa shape index (κ3) is 2.66. The van der Waals surface area contributed by atoms with Crippen LogP contribution in [0.15, 0.2) is 18.2 Å². The van der Waals surface area contributed by atoms with Crippen molar-refractivity contribution in [1.82, 2.24) is 0 Å². The molecule has 1 aromatic rings. The van der Waals surface area contributed by atoms with E-state index < -0.39 is 0 Å². The normalized spacial score (nSPS) is 17.3. The van der Waals surface area contributed by atoms with Gasteiger partial charge in [0.2, 0.25) is 0 Å². The van der Waals surface area contributed by atoms with Gasteiger partial charge in [0.25, 0.3) is 0 Å². The maximum atomic E-state index is 11.5. The third-order valence-corrected chi connectivity index (χ3v) is 3.34. The second-order valence-corrected chi connectivity index (χ2v) is 4.78. The van der Waals surface area contributed by atoms with Gasteiger partial charge in [0.15, 0.2) is 0 Å². The zero-order chi connectivity index (χ0) is 12.4. The van der Waals surface area contributed by atoms with Crippen LogP contribution >= 0.6 is 0 Å². The molecular weight excluding hydrogens is 211 g/mol. The smallest absolute Gasteiger partial charge is 0.148 e. The van der Waals surface area contributed by atoms with Gasteiger partial charge in [-0.25, -0.2) is 0 Å². The number of benzene rings is 1. The van der Waals surface area contributed by atoms with E-state index in [0.29, 0.717) is 12.8 Å². The Bertz CT molecular complexity index is 449. The summed E-state index contributed by atoms with van der Waals surface area (Å²) in [5, 5.41) is 0. The average molecular weight is 227 g/mol. The Kier molecular flexibility index (Phi) is 3.46. The molecule has 1 aliphatic rings. The minimum Gasteiger partial charge on any atom is -0.299 e. The summed E-state index contributed by atoms with van der Waals surface area (Å²) in [5.41, 5.74) is 3.47. The monoisotopic (exact) mass is 227 g/mol. The van der Waals surface area contributed by atoms with Crippen molar-refractivity contribution >= 4 is 24.3 Å². The lowest BCUT2D eigenvalue weighted by atomic mass is 9.66. The van der Waals surface area contributed by atoms with E-state index in [1.165, 1.54) is 5.56 Å². The number of carbonyl (C=O) groups is 2. The predicted molar refractivity (Wildman–Crippen MR) is 69.0 cm³/mol. The van der Waals surface area contributed by atoms with E-state index in [2.05, 4.69) is 18.2 Å². The molecule has 0 aromatic heterocycles. The Hall–Kier alpha value is -1.38. The molecule has 0 aliphatic heterocycles. The summed E-state index contributed by atoms with van der Waals surface area (Å²) < 4.78 is 0. The van der Waals surface area contributed by atoms with Gasteiger partial charge in [-0.15, -0.1) is 0 Å². The number of rotatable bonds is 2. The van der Waals surface area contributed by atoms with Gasteiger partial charge < -0.3 is 0 Å². The number of ketones is 2. The fourth-order valence-corrected chi connectivity index (χ4v) is 2.52. The van der Waals surface area contributed by atoms with Gasteiger partial charge in [-0.05, 0) is 12.8 Å². The first-order valence-electron chi connectivity index (χ1n) is 6.03. The molecule has 1 aromatic carbocycles. The number of Topliss-reactive ketones (excluding diaryl/α,β-unsaturated/α-hetero) is 2. The highest BCUT2D eigenvalue weighted by Crippen LogP contribution is 2.28. The maximum absolute atomic E-state index is 11.5. The molecule has 0 unspecified atom stereocenters. The van der Waals surface area contributed by atoms with Crippen molar-refractivity contribution in [3.63, 3.8) is 0 Å². The summed E-state index contributed by atoms with van der Waals surface area (Å²) in [5.74, 6) is 0.236. The van der Waals surface area contributed by atoms with Gasteiger partial charge in [-0.1, -0.05) is 41.6 Å². The van der Waals surface area contributed by atoms with Crippen molar-refractivity contribution in [3.05, 3.63) is 29.3 Å². The van der Waals surface area contributed by atoms with Gasteiger partial charge in [0, 0.05) is 12.8 Å². The van der Waals surface area contributed by atoms with Crippen molar-refractivity contribution in [2.45, 2.75) is 38.9 Å². The third-order valence-electron chi connectivity index (χ3n) is 3.34. The van der Waals surface area contributed by atoms with E-state index in [0.717, 1.165) is 11.0 Å². The molecule has 1 fully saturated rings. The molecule has 17 heavy (non-hydrogen) atoms. The van der Waals surface area contributed by atoms with Crippen LogP contribution in [0.1, 0.15) is 36.3 Å². The van der Waals surface area contributed by atoms with Crippen LogP contribution in [0.2, 0.25) is 6.82 Å². The lowest BCUT2D eigenvalue weighted by molar-refractivity contribution is -0.130. The topological polar surface area (TPSA) is 34.1 Å². The molecule has 2 nitrogen and oxygen atoms in total. The largest absolute Gasteiger partial charge is 0.299 e. The molecule has 3 heteroatoms. The van der Waals surface area contributed by atoms with Crippen LogP contribution in [0.3, 0.4) is 0 Å². The lowest BCUT2D eigenvalue weighted by Crippen LogP contribution is -2.27. The molecule has 0 amide bonds. The molecule has 1 aliphatic carbocycles. The molecule has 0 N–H and O–H groups in total. The first-order chi connectivity index (χ1) is 8.10. The Labute approximate surface area is 103 Å². The Balaban J connectivity index is 2.35. The van der Waals surface area contributed by atoms with Crippen LogP contribution < -0.4 is 5.46 Å². The second-order valence-electron chi connectivity index (χ2n) is 4.78. The zero-order valence-corrected chi connectivity index (χ0v) is 10.3. The maximum Gasteiger partial charge on any atom is 0.148 e. The van der Waals surface area contributed by atoms with Crippen LogP contribution in [-0.4, -0.2) is 18.8 Å². The van der Waals surface area contributed by atoms with Crippen LogP contribution in [0.4, 0.5) is 0 Å². The van der Waals surface area contributed by atoms with E-state index in [1.807, 2.05) is 21.0 Å². The number of carbonyl (C=O) groups excluding carboxylic acids is 2. The molecule has 87 valence electrons. The van der Waals surface area contributed by atoms with Crippen LogP contribution in [-0.2, 0) is 9.59 Å². The van der Waals surface area contributed by atoms with E-state index in [4.69, 9.17) is 0 Å². The number of aryl methyl sites for hydroxylation is 1. The van der Waals surface area contributed by atoms with Gasteiger partial charge in [-0.3, -0.25) is 9.59 Å². The molecule has 1 radical (unpaired) electrons. The highest BCUT2D eigenvalue weighted by Gasteiger charge is 2.27. The molecule has 2 rings (SSSR count). The SMILES string of the molecule is C[B]c1ccc(C)cc1C1CC(=O)CC(=O)C1. The zero-order valence-electron chi connectivity index (χ0n) is 10.3. The highest BCUT2D eigenvalue weighted by atomic mass is 16.1. The van der Waals surface area contributed by atoms with E-state index in [-0.39, 0.29) is 23.9 Å². The van der Waals surface area contributed by atoms with Gasteiger partial charge in [0.05, 0.1) is 6.42 Å². The summed E-state index contributed by atoms with van der Waals surface area (Å²) in [6, 6.07) is 6.23. The summed E-state index contributed by atoms with van der Waals surface area (Å²) in [6.45, 7) is 4.02. The van der Waals surface area contributed by atoms with Crippen molar-refractivity contribution < 1.29 is 9.59 Å². The van der Waals surface area contributed by atoms with Gasteiger partial charge in [0.1, 0.15) is 18.8 Å². The van der Waals surface area contributed by atoms with Gasteiger partial charge >= 0.3 is 0 Å². The fourth-order valence-electron chi connectivity index (χ4n) is 2.52. The highest BCUT2D eigenvalue weighted by molar-refractivity contribution is 6.52. The van der Waals surface area contributed by atoms with Crippen molar-refractivity contribution in [2.24, 2.45) is 0 Å². The summed E-state index contributed by atoms with van der Waals surface area (Å²) in [4.78, 5) is 23.0. The second kappa shape index (κ2) is 4.86. The first kappa shape index (κ1) is 12.1. The molecular formula is C14H16BO2. The van der Waals surface area contributed by atoms with E-state index in [1.54, 1.807) is 0 Å². The van der Waals surface area contributed by atoms with Crippen LogP contribution in [0, 0.1) is 6.92 Å². The minimum absolute atomic E-state index is 0.0785. The van der Waals surface area contributed by atoms with Crippen LogP contribution in [0.25, 0.3) is 0 Å². The summed E-state index contributed by atoms with van der Waals surface area (Å²) >= 11 is 0. The first-order valence-corrected chi connectivity index (χ1v) is 6.03. The number of hydrogen-bond donors (Lipinski definition) is 0. The average Bonchev–Trinajstić information content (AvgIpc) is 2.27. The molecule has 0 heterocycles. The quantitative estimate of drug-likeness (QED) is 0.570. The Morgan fingerprint density at radius 3 is 2.41 bits per heavy atom. The minimum atomic E-state index is 0.0785. The molecule has 0 bridgehead atoms. The Morgan fingerprint density at radius 2 is 1.82 bits per heavy atom. The molecule has 0 atom stereocenters. The predicted octanol–water partition coefficient (Wildman–Crippen LogP) is 1.78. The molecule has 0 spiro atoms. The van der Waals surface area contributed by atoms with Crippen LogP contribution in [0.5, 0.6) is 0 Å². The molecule has 0 saturated heterocycles. The van der Waals surface area contributed by atoms with Gasteiger partial charge in [-0.2, -0.15) is 0 Å². The summed E-state index contributed by atoms with van der Waals surface area (Å²) in [7, 11) is 2.04. The molecule has 1 saturated carbocycles. The standard InChI is InChI=1S/C14H16BO2/c1-9-3-4-14(15-2)13(5-9)10-6-11(16)8-12(17)7-10/h3-5,10H,6-8H2,1-2H3. The van der Waals surface area contributed by atoms with E-state index >= 15 is 0 Å². The lowest BCUT2D eigenvalue weighted by Gasteiger charge is -2.23. The van der Waals surface area contributed by atoms with Crippen molar-refractivity contribution in [1.29, 1.82) is 0 Å².